The molecular weight excluding hydrogens is 456 g/mol. The first-order chi connectivity index (χ1) is 16.5. The third-order valence-corrected chi connectivity index (χ3v) is 5.70. The number of thioether (sulfide) groups is 1. The molecular formula is C23H26N6O4S. The third kappa shape index (κ3) is 7.41. The number of aromatic nitrogens is 4. The van der Waals surface area contributed by atoms with E-state index in [9.17, 15) is 14.4 Å². The van der Waals surface area contributed by atoms with Crippen LogP contribution >= 0.6 is 11.8 Å². The molecule has 34 heavy (non-hydrogen) atoms. The van der Waals surface area contributed by atoms with Crippen molar-refractivity contribution in [3.05, 3.63) is 66.2 Å². The van der Waals surface area contributed by atoms with Crippen LogP contribution in [0.25, 0.3) is 0 Å². The van der Waals surface area contributed by atoms with Crippen LogP contribution in [0, 0.1) is 0 Å². The number of hydrogen-bond acceptors (Lipinski definition) is 8. The summed E-state index contributed by atoms with van der Waals surface area (Å²) in [5.74, 6) is -0.713. The molecule has 1 N–H and O–H groups in total. The largest absolute Gasteiger partial charge is 0.466 e. The first kappa shape index (κ1) is 24.9. The molecule has 0 aliphatic carbocycles. The number of benzene rings is 1. The highest BCUT2D eigenvalue weighted by atomic mass is 32.2. The van der Waals surface area contributed by atoms with Crippen molar-refractivity contribution < 1.29 is 19.1 Å². The molecule has 0 saturated heterocycles. The predicted molar refractivity (Wildman–Crippen MR) is 127 cm³/mol. The van der Waals surface area contributed by atoms with Crippen LogP contribution in [-0.2, 0) is 27.9 Å². The molecule has 0 spiro atoms. The van der Waals surface area contributed by atoms with Gasteiger partial charge in [0, 0.05) is 43.8 Å². The molecule has 2 heterocycles. The van der Waals surface area contributed by atoms with Crippen molar-refractivity contribution in [2.45, 2.75) is 25.0 Å². The second-order valence-electron chi connectivity index (χ2n) is 7.29. The maximum absolute atomic E-state index is 13.3. The average molecular weight is 483 g/mol. The minimum Gasteiger partial charge on any atom is -0.466 e. The molecule has 3 rings (SSSR count). The summed E-state index contributed by atoms with van der Waals surface area (Å²) in [6.07, 6.45) is 4.98. The van der Waals surface area contributed by atoms with Crippen LogP contribution in [0.5, 0.6) is 0 Å². The van der Waals surface area contributed by atoms with Gasteiger partial charge in [0.1, 0.15) is 6.33 Å². The van der Waals surface area contributed by atoms with Crippen molar-refractivity contribution in [3.63, 3.8) is 0 Å². The first-order valence-electron chi connectivity index (χ1n) is 10.7. The summed E-state index contributed by atoms with van der Waals surface area (Å²) in [7, 11) is 1.80. The minimum absolute atomic E-state index is 0.0789. The Kier molecular flexibility index (Phi) is 9.15. The number of rotatable bonds is 11. The number of ether oxygens (including phenoxy) is 1. The Bertz CT molecular complexity index is 1120. The molecule has 2 aromatic heterocycles. The van der Waals surface area contributed by atoms with Gasteiger partial charge < -0.3 is 19.5 Å². The van der Waals surface area contributed by atoms with Crippen molar-refractivity contribution in [2.75, 3.05) is 24.2 Å². The van der Waals surface area contributed by atoms with Crippen molar-refractivity contribution in [1.82, 2.24) is 24.6 Å². The highest BCUT2D eigenvalue weighted by Gasteiger charge is 2.19. The second kappa shape index (κ2) is 12.5. The first-order valence-corrected chi connectivity index (χ1v) is 11.7. The molecule has 178 valence electrons. The van der Waals surface area contributed by atoms with Crippen LogP contribution in [0.15, 0.2) is 60.3 Å². The van der Waals surface area contributed by atoms with E-state index in [4.69, 9.17) is 4.74 Å². The molecule has 2 amide bonds. The fourth-order valence-electron chi connectivity index (χ4n) is 3.07. The lowest BCUT2D eigenvalue weighted by Gasteiger charge is -2.23. The predicted octanol–water partition coefficient (Wildman–Crippen LogP) is 2.54. The lowest BCUT2D eigenvalue weighted by atomic mass is 10.1. The number of nitrogens with zero attached hydrogens (tertiary/aromatic N) is 5. The van der Waals surface area contributed by atoms with Gasteiger partial charge in [0.2, 0.25) is 5.91 Å². The zero-order valence-corrected chi connectivity index (χ0v) is 19.8. The molecule has 11 heteroatoms. The zero-order valence-electron chi connectivity index (χ0n) is 19.0. The van der Waals surface area contributed by atoms with E-state index in [0.717, 1.165) is 5.56 Å². The fraction of sp³-hybridized carbons (Fsp3) is 0.304. The van der Waals surface area contributed by atoms with Crippen LogP contribution in [0.4, 0.5) is 5.69 Å². The Morgan fingerprint density at radius 2 is 2.06 bits per heavy atom. The van der Waals surface area contributed by atoms with Gasteiger partial charge in [-0.1, -0.05) is 23.9 Å². The lowest BCUT2D eigenvalue weighted by molar-refractivity contribution is -0.143. The fourth-order valence-corrected chi connectivity index (χ4v) is 3.75. The van der Waals surface area contributed by atoms with Crippen LogP contribution in [0.3, 0.4) is 0 Å². The number of hydrogen-bond donors (Lipinski definition) is 1. The molecule has 0 radical (unpaired) electrons. The topological polar surface area (TPSA) is 119 Å². The molecule has 0 bridgehead atoms. The van der Waals surface area contributed by atoms with Gasteiger partial charge in [-0.15, -0.1) is 10.2 Å². The minimum atomic E-state index is -0.368. The van der Waals surface area contributed by atoms with Gasteiger partial charge in [0.05, 0.1) is 18.8 Å². The van der Waals surface area contributed by atoms with E-state index in [0.29, 0.717) is 16.4 Å². The molecule has 0 fully saturated rings. The number of pyridine rings is 1. The Labute approximate surface area is 201 Å². The van der Waals surface area contributed by atoms with E-state index in [1.165, 1.54) is 11.8 Å². The molecule has 10 nitrogen and oxygen atoms in total. The quantitative estimate of drug-likeness (QED) is 0.327. The molecule has 0 unspecified atom stereocenters. The highest BCUT2D eigenvalue weighted by molar-refractivity contribution is 7.99. The van der Waals surface area contributed by atoms with Crippen LogP contribution in [0.2, 0.25) is 0 Å². The zero-order chi connectivity index (χ0) is 24.3. The number of amides is 2. The molecule has 0 aliphatic heterocycles. The number of esters is 1. The van der Waals surface area contributed by atoms with Gasteiger partial charge in [-0.25, -0.2) is 0 Å². The van der Waals surface area contributed by atoms with Gasteiger partial charge in [0.15, 0.2) is 5.16 Å². The number of carbonyl (C=O) groups excluding carboxylic acids is 3. The van der Waals surface area contributed by atoms with Gasteiger partial charge in [-0.2, -0.15) is 0 Å². The summed E-state index contributed by atoms with van der Waals surface area (Å²) in [6.45, 7) is 2.50. The Hall–Kier alpha value is -3.73. The highest BCUT2D eigenvalue weighted by Crippen LogP contribution is 2.17. The Morgan fingerprint density at radius 1 is 1.21 bits per heavy atom. The smallest absolute Gasteiger partial charge is 0.307 e. The lowest BCUT2D eigenvalue weighted by Crippen LogP contribution is -2.33. The van der Waals surface area contributed by atoms with E-state index in [1.807, 2.05) is 6.07 Å². The standard InChI is InChI=1S/C23H26N6O4S/c1-3-33-21(31)9-11-29(14-17-6-5-10-24-13-17)22(32)18-7-4-8-19(12-18)26-20(30)15-34-23-27-25-16-28(23)2/h4-8,10,12-13,16H,3,9,11,14-15H2,1-2H3,(H,26,30). The summed E-state index contributed by atoms with van der Waals surface area (Å²) in [4.78, 5) is 43.2. The van der Waals surface area contributed by atoms with Crippen molar-refractivity contribution in [3.8, 4) is 0 Å². The number of anilines is 1. The third-order valence-electron chi connectivity index (χ3n) is 4.67. The monoisotopic (exact) mass is 482 g/mol. The normalized spacial score (nSPS) is 10.5. The van der Waals surface area contributed by atoms with Gasteiger partial charge >= 0.3 is 5.97 Å². The number of aryl methyl sites for hydroxylation is 1. The molecule has 0 atom stereocenters. The summed E-state index contributed by atoms with van der Waals surface area (Å²) < 4.78 is 6.73. The van der Waals surface area contributed by atoms with Gasteiger partial charge in [-0.05, 0) is 36.8 Å². The SMILES string of the molecule is CCOC(=O)CCN(Cc1cccnc1)C(=O)c1cccc(NC(=O)CSc2nncn2C)c1. The Morgan fingerprint density at radius 3 is 2.76 bits per heavy atom. The summed E-state index contributed by atoms with van der Waals surface area (Å²) in [6, 6.07) is 10.4. The second-order valence-corrected chi connectivity index (χ2v) is 8.23. The van der Waals surface area contributed by atoms with Crippen molar-refractivity contribution >= 4 is 35.2 Å². The van der Waals surface area contributed by atoms with Gasteiger partial charge in [0.25, 0.3) is 5.91 Å². The van der Waals surface area contributed by atoms with E-state index < -0.39 is 0 Å². The van der Waals surface area contributed by atoms with Crippen LogP contribution in [0.1, 0.15) is 29.3 Å². The van der Waals surface area contributed by atoms with Crippen LogP contribution in [-0.4, -0.2) is 61.3 Å². The van der Waals surface area contributed by atoms with E-state index >= 15 is 0 Å². The molecule has 1 aromatic carbocycles. The molecule has 3 aromatic rings. The van der Waals surface area contributed by atoms with E-state index in [-0.39, 0.29) is 49.7 Å². The summed E-state index contributed by atoms with van der Waals surface area (Å²) in [5.41, 5.74) is 1.73. The van der Waals surface area contributed by atoms with E-state index in [1.54, 1.807) is 72.5 Å². The summed E-state index contributed by atoms with van der Waals surface area (Å²) in [5, 5.41) is 11.2. The maximum Gasteiger partial charge on any atom is 0.307 e. The van der Waals surface area contributed by atoms with Crippen LogP contribution < -0.4 is 5.32 Å². The molecule has 0 aliphatic rings. The van der Waals surface area contributed by atoms with Crippen molar-refractivity contribution in [1.29, 1.82) is 0 Å². The average Bonchev–Trinajstić information content (AvgIpc) is 3.25. The number of nitrogens with one attached hydrogen (secondary N) is 1. The number of carbonyl (C=O) groups is 3. The van der Waals surface area contributed by atoms with E-state index in [2.05, 4.69) is 20.5 Å². The van der Waals surface area contributed by atoms with Gasteiger partial charge in [-0.3, -0.25) is 19.4 Å². The maximum atomic E-state index is 13.3. The van der Waals surface area contributed by atoms with Crippen molar-refractivity contribution in [2.24, 2.45) is 7.05 Å². The Balaban J connectivity index is 1.67. The summed E-state index contributed by atoms with van der Waals surface area (Å²) >= 11 is 1.26. The molecule has 0 saturated carbocycles.